The number of ether oxygens (including phenoxy) is 1. The zero-order valence-electron chi connectivity index (χ0n) is 16.2. The molecule has 0 saturated heterocycles. The molecule has 1 aromatic carbocycles. The van der Waals surface area contributed by atoms with Gasteiger partial charge in [0.25, 0.3) is 0 Å². The van der Waals surface area contributed by atoms with Crippen LogP contribution in [-0.4, -0.2) is 52.1 Å². The Morgan fingerprint density at radius 2 is 1.96 bits per heavy atom. The van der Waals surface area contributed by atoms with Gasteiger partial charge in [-0.25, -0.2) is 14.8 Å². The van der Waals surface area contributed by atoms with E-state index in [-0.39, 0.29) is 0 Å². The molecule has 4 N–H and O–H groups in total. The van der Waals surface area contributed by atoms with Crippen LogP contribution in [0.15, 0.2) is 36.4 Å². The van der Waals surface area contributed by atoms with Crippen LogP contribution in [0, 0.1) is 0 Å². The number of imidazole rings is 1. The van der Waals surface area contributed by atoms with Gasteiger partial charge in [0.2, 0.25) is 0 Å². The number of carbonyl (C=O) groups excluding carboxylic acids is 1. The fourth-order valence-corrected chi connectivity index (χ4v) is 3.04. The second-order valence-electron chi connectivity index (χ2n) is 6.37. The first-order valence-corrected chi connectivity index (χ1v) is 9.50. The van der Waals surface area contributed by atoms with E-state index in [1.807, 2.05) is 24.3 Å². The predicted octanol–water partition coefficient (Wildman–Crippen LogP) is 3.23. The zero-order chi connectivity index (χ0) is 19.9. The average molecular weight is 382 g/mol. The summed E-state index contributed by atoms with van der Waals surface area (Å²) >= 11 is 0. The molecule has 28 heavy (non-hydrogen) atoms. The van der Waals surface area contributed by atoms with Crippen LogP contribution in [0.1, 0.15) is 20.3 Å². The summed E-state index contributed by atoms with van der Waals surface area (Å²) in [7, 11) is 0. The van der Waals surface area contributed by atoms with Crippen molar-refractivity contribution >= 4 is 22.9 Å². The van der Waals surface area contributed by atoms with Crippen LogP contribution in [0.3, 0.4) is 0 Å². The minimum Gasteiger partial charge on any atom is -0.408 e. The third-order valence-corrected chi connectivity index (χ3v) is 4.53. The largest absolute Gasteiger partial charge is 0.410 e. The Balaban J connectivity index is 1.72. The molecule has 0 saturated carbocycles. The number of hydrogen-bond acceptors (Lipinski definition) is 6. The van der Waals surface area contributed by atoms with E-state index < -0.39 is 6.09 Å². The van der Waals surface area contributed by atoms with Crippen molar-refractivity contribution in [2.24, 2.45) is 5.73 Å². The Morgan fingerprint density at radius 3 is 2.71 bits per heavy atom. The number of aromatic amines is 1. The van der Waals surface area contributed by atoms with Gasteiger partial charge in [-0.1, -0.05) is 26.0 Å². The Morgan fingerprint density at radius 1 is 1.18 bits per heavy atom. The Hall–Kier alpha value is -3.13. The van der Waals surface area contributed by atoms with Crippen molar-refractivity contribution in [2.45, 2.75) is 20.3 Å². The molecule has 8 heteroatoms. The number of pyridine rings is 1. The van der Waals surface area contributed by atoms with Gasteiger partial charge in [-0.3, -0.25) is 0 Å². The van der Waals surface area contributed by atoms with E-state index in [1.54, 1.807) is 12.1 Å². The van der Waals surface area contributed by atoms with Crippen molar-refractivity contribution in [3.63, 3.8) is 0 Å². The van der Waals surface area contributed by atoms with Gasteiger partial charge < -0.3 is 25.7 Å². The maximum Gasteiger partial charge on any atom is 0.410 e. The second kappa shape index (κ2) is 9.18. The summed E-state index contributed by atoms with van der Waals surface area (Å²) in [6.07, 6.45) is 0.178. The predicted molar refractivity (Wildman–Crippen MR) is 110 cm³/mol. The highest BCUT2D eigenvalue weighted by Gasteiger charge is 2.12. The van der Waals surface area contributed by atoms with E-state index in [4.69, 9.17) is 10.5 Å². The number of rotatable bonds is 9. The Kier molecular flexibility index (Phi) is 6.44. The third kappa shape index (κ3) is 4.77. The molecule has 0 radical (unpaired) electrons. The molecule has 0 unspecified atom stereocenters. The fraction of sp³-hybridized carbons (Fsp3) is 0.350. The first-order valence-electron chi connectivity index (χ1n) is 9.50. The van der Waals surface area contributed by atoms with Crippen molar-refractivity contribution in [3.8, 4) is 17.3 Å². The zero-order valence-corrected chi connectivity index (χ0v) is 16.2. The highest BCUT2D eigenvalue weighted by atomic mass is 16.5. The first-order chi connectivity index (χ1) is 13.6. The molecule has 8 nitrogen and oxygen atoms in total. The summed E-state index contributed by atoms with van der Waals surface area (Å²) in [5.74, 6) is 1.71. The van der Waals surface area contributed by atoms with Crippen molar-refractivity contribution in [2.75, 3.05) is 31.5 Å². The molecule has 3 rings (SSSR count). The Bertz CT molecular complexity index is 935. The van der Waals surface area contributed by atoms with Gasteiger partial charge in [0.05, 0.1) is 5.52 Å². The molecule has 0 aliphatic carbocycles. The lowest BCUT2D eigenvalue weighted by Gasteiger charge is -2.17. The summed E-state index contributed by atoms with van der Waals surface area (Å²) in [5.41, 5.74) is 7.11. The number of primary amides is 1. The van der Waals surface area contributed by atoms with Crippen LogP contribution in [-0.2, 0) is 0 Å². The summed E-state index contributed by atoms with van der Waals surface area (Å²) in [4.78, 5) is 25.9. The molecule has 0 aliphatic rings. The molecule has 148 valence electrons. The van der Waals surface area contributed by atoms with E-state index in [0.29, 0.717) is 22.8 Å². The molecule has 0 spiro atoms. The number of anilines is 1. The third-order valence-electron chi connectivity index (χ3n) is 4.53. The van der Waals surface area contributed by atoms with Crippen LogP contribution in [0.4, 0.5) is 10.6 Å². The molecular weight excluding hydrogens is 356 g/mol. The molecule has 2 aromatic heterocycles. The summed E-state index contributed by atoms with van der Waals surface area (Å²) in [6.45, 7) is 8.40. The molecule has 2 heterocycles. The van der Waals surface area contributed by atoms with Gasteiger partial charge in [-0.15, -0.1) is 0 Å². The van der Waals surface area contributed by atoms with Crippen molar-refractivity contribution < 1.29 is 9.53 Å². The SMILES string of the molecule is CCN(CC)CCCNc1cccc(-c2nc3c(OC(N)=O)cccc3[nH]2)n1. The van der Waals surface area contributed by atoms with E-state index in [2.05, 4.69) is 39.0 Å². The number of nitrogens with one attached hydrogen (secondary N) is 2. The lowest BCUT2D eigenvalue weighted by Crippen LogP contribution is -2.25. The maximum atomic E-state index is 11.1. The van der Waals surface area contributed by atoms with Gasteiger partial charge in [0, 0.05) is 6.54 Å². The number of nitrogens with two attached hydrogens (primary N) is 1. The van der Waals surface area contributed by atoms with Crippen LogP contribution in [0.2, 0.25) is 0 Å². The highest BCUT2D eigenvalue weighted by Crippen LogP contribution is 2.27. The molecule has 3 aromatic rings. The normalized spacial score (nSPS) is 11.1. The lowest BCUT2D eigenvalue weighted by atomic mass is 10.3. The van der Waals surface area contributed by atoms with Crippen molar-refractivity contribution in [3.05, 3.63) is 36.4 Å². The fourth-order valence-electron chi connectivity index (χ4n) is 3.04. The topological polar surface area (TPSA) is 109 Å². The summed E-state index contributed by atoms with van der Waals surface area (Å²) in [6, 6.07) is 11.0. The molecule has 1 amide bonds. The minimum absolute atomic E-state index is 0.318. The molecule has 0 atom stereocenters. The van der Waals surface area contributed by atoms with Gasteiger partial charge in [-0.2, -0.15) is 0 Å². The van der Waals surface area contributed by atoms with Crippen LogP contribution in [0.25, 0.3) is 22.6 Å². The van der Waals surface area contributed by atoms with E-state index in [9.17, 15) is 4.79 Å². The number of amides is 1. The molecular formula is C20H26N6O2. The van der Waals surface area contributed by atoms with E-state index >= 15 is 0 Å². The van der Waals surface area contributed by atoms with Crippen LogP contribution < -0.4 is 15.8 Å². The number of benzene rings is 1. The number of H-pyrrole nitrogens is 1. The monoisotopic (exact) mass is 382 g/mol. The van der Waals surface area contributed by atoms with Crippen LogP contribution in [0.5, 0.6) is 5.75 Å². The van der Waals surface area contributed by atoms with Gasteiger partial charge >= 0.3 is 6.09 Å². The quantitative estimate of drug-likeness (QED) is 0.490. The molecule has 0 aliphatic heterocycles. The van der Waals surface area contributed by atoms with E-state index in [1.165, 1.54) is 0 Å². The number of nitrogens with zero attached hydrogens (tertiary/aromatic N) is 3. The van der Waals surface area contributed by atoms with Gasteiger partial charge in [-0.05, 0) is 50.3 Å². The smallest absolute Gasteiger partial charge is 0.408 e. The van der Waals surface area contributed by atoms with Gasteiger partial charge in [0.1, 0.15) is 17.0 Å². The van der Waals surface area contributed by atoms with Crippen molar-refractivity contribution in [1.82, 2.24) is 19.9 Å². The number of hydrogen-bond donors (Lipinski definition) is 3. The van der Waals surface area contributed by atoms with Crippen LogP contribution >= 0.6 is 0 Å². The summed E-state index contributed by atoms with van der Waals surface area (Å²) in [5, 5.41) is 3.36. The number of para-hydroxylation sites is 1. The minimum atomic E-state index is -0.869. The van der Waals surface area contributed by atoms with E-state index in [0.717, 1.165) is 43.9 Å². The lowest BCUT2D eigenvalue weighted by molar-refractivity contribution is 0.211. The number of fused-ring (bicyclic) bond motifs is 1. The van der Waals surface area contributed by atoms with Crippen molar-refractivity contribution in [1.29, 1.82) is 0 Å². The first kappa shape index (κ1) is 19.6. The standard InChI is InChI=1S/C20H26N6O2/c1-3-26(4-2)13-7-12-22-17-11-6-9-15(23-17)19-24-14-8-5-10-16(18(14)25-19)28-20(21)27/h5-6,8-11H,3-4,7,12-13H2,1-2H3,(H2,21,27)(H,22,23)(H,24,25). The number of aromatic nitrogens is 3. The maximum absolute atomic E-state index is 11.1. The molecule has 0 bridgehead atoms. The highest BCUT2D eigenvalue weighted by molar-refractivity contribution is 5.86. The second-order valence-corrected chi connectivity index (χ2v) is 6.37. The average Bonchev–Trinajstić information content (AvgIpc) is 3.13. The Labute approximate surface area is 164 Å². The van der Waals surface area contributed by atoms with Gasteiger partial charge in [0.15, 0.2) is 11.6 Å². The summed E-state index contributed by atoms with van der Waals surface area (Å²) < 4.78 is 5.02. The number of carbonyl (C=O) groups is 1. The molecule has 0 fully saturated rings.